The number of halogens is 1. The van der Waals surface area contributed by atoms with Crippen molar-refractivity contribution in [1.82, 2.24) is 0 Å². The third-order valence-electron chi connectivity index (χ3n) is 2.06. The molecule has 0 atom stereocenters. The van der Waals surface area contributed by atoms with Crippen LogP contribution in [0.5, 0.6) is 5.75 Å². The Morgan fingerprint density at radius 3 is 2.67 bits per heavy atom. The van der Waals surface area contributed by atoms with Crippen molar-refractivity contribution in [1.29, 1.82) is 0 Å². The third kappa shape index (κ3) is 3.20. The van der Waals surface area contributed by atoms with Gasteiger partial charge in [0, 0.05) is 16.5 Å². The molecule has 0 saturated carbocycles. The molecule has 0 bridgehead atoms. The summed E-state index contributed by atoms with van der Waals surface area (Å²) < 4.78 is 5.20. The molecule has 0 N–H and O–H groups in total. The fraction of sp³-hybridized carbons (Fsp3) is 0.250. The van der Waals surface area contributed by atoms with Gasteiger partial charge in [-0.25, -0.2) is 0 Å². The highest BCUT2D eigenvalue weighted by Gasteiger charge is 2.04. The summed E-state index contributed by atoms with van der Waals surface area (Å²) in [6.07, 6.45) is 1.84. The van der Waals surface area contributed by atoms with Crippen LogP contribution >= 0.6 is 15.9 Å². The van der Waals surface area contributed by atoms with Gasteiger partial charge in [0.25, 0.3) is 0 Å². The standard InChI is InChI=1S/C12H13BrO2/c1-9(14)11(8-13)7-10-5-3-4-6-12(10)15-2/h3-7H,8H2,1-2H3/b11-7+. The molecule has 0 heterocycles. The molecule has 0 fully saturated rings. The van der Waals surface area contributed by atoms with Gasteiger partial charge in [-0.2, -0.15) is 0 Å². The molecule has 1 aromatic carbocycles. The monoisotopic (exact) mass is 268 g/mol. The van der Waals surface area contributed by atoms with Gasteiger partial charge in [-0.3, -0.25) is 4.79 Å². The summed E-state index contributed by atoms with van der Waals surface area (Å²) in [6.45, 7) is 1.56. The minimum atomic E-state index is 0.0674. The molecule has 1 aromatic rings. The van der Waals surface area contributed by atoms with E-state index in [9.17, 15) is 4.79 Å². The maximum Gasteiger partial charge on any atom is 0.156 e. The Labute approximate surface area is 98.1 Å². The summed E-state index contributed by atoms with van der Waals surface area (Å²) in [5.41, 5.74) is 1.66. The SMILES string of the molecule is COc1ccccc1/C=C(\CBr)C(C)=O. The van der Waals surface area contributed by atoms with Crippen LogP contribution in [0.25, 0.3) is 6.08 Å². The first kappa shape index (κ1) is 12.0. The van der Waals surface area contributed by atoms with E-state index in [2.05, 4.69) is 15.9 Å². The zero-order chi connectivity index (χ0) is 11.3. The Balaban J connectivity index is 3.10. The normalized spacial score (nSPS) is 11.3. The third-order valence-corrected chi connectivity index (χ3v) is 2.67. The van der Waals surface area contributed by atoms with E-state index in [0.717, 1.165) is 16.9 Å². The first-order valence-corrected chi connectivity index (χ1v) is 5.71. The summed E-state index contributed by atoms with van der Waals surface area (Å²) in [4.78, 5) is 11.2. The van der Waals surface area contributed by atoms with E-state index in [4.69, 9.17) is 4.74 Å². The Bertz CT molecular complexity index is 383. The highest BCUT2D eigenvalue weighted by molar-refractivity contribution is 9.09. The Kier molecular flexibility index (Phi) is 4.56. The van der Waals surface area contributed by atoms with Gasteiger partial charge in [-0.1, -0.05) is 34.1 Å². The van der Waals surface area contributed by atoms with Crippen molar-refractivity contribution in [3.8, 4) is 5.75 Å². The second-order valence-electron chi connectivity index (χ2n) is 3.10. The van der Waals surface area contributed by atoms with Crippen molar-refractivity contribution < 1.29 is 9.53 Å². The number of carbonyl (C=O) groups excluding carboxylic acids is 1. The first-order valence-electron chi connectivity index (χ1n) is 4.59. The highest BCUT2D eigenvalue weighted by atomic mass is 79.9. The maximum absolute atomic E-state index is 11.2. The molecule has 0 aromatic heterocycles. The molecule has 80 valence electrons. The molecule has 0 aliphatic carbocycles. The predicted octanol–water partition coefficient (Wildman–Crippen LogP) is 3.06. The van der Waals surface area contributed by atoms with Gasteiger partial charge in [-0.15, -0.1) is 0 Å². The zero-order valence-electron chi connectivity index (χ0n) is 8.79. The summed E-state index contributed by atoms with van der Waals surface area (Å²) in [5.74, 6) is 0.843. The number of hydrogen-bond acceptors (Lipinski definition) is 2. The number of methoxy groups -OCH3 is 1. The van der Waals surface area contributed by atoms with Crippen molar-refractivity contribution in [2.45, 2.75) is 6.92 Å². The van der Waals surface area contributed by atoms with E-state index in [1.165, 1.54) is 0 Å². The first-order chi connectivity index (χ1) is 7.19. The summed E-state index contributed by atoms with van der Waals surface area (Å²) >= 11 is 3.29. The minimum Gasteiger partial charge on any atom is -0.496 e. The van der Waals surface area contributed by atoms with Crippen LogP contribution in [-0.4, -0.2) is 18.2 Å². The topological polar surface area (TPSA) is 26.3 Å². The van der Waals surface area contributed by atoms with Crippen LogP contribution in [0.3, 0.4) is 0 Å². The van der Waals surface area contributed by atoms with Crippen LogP contribution in [-0.2, 0) is 4.79 Å². The molecule has 0 radical (unpaired) electrons. The lowest BCUT2D eigenvalue weighted by atomic mass is 10.1. The number of benzene rings is 1. The summed E-state index contributed by atoms with van der Waals surface area (Å²) in [7, 11) is 1.62. The number of para-hydroxylation sites is 1. The zero-order valence-corrected chi connectivity index (χ0v) is 10.4. The van der Waals surface area contributed by atoms with E-state index >= 15 is 0 Å². The highest BCUT2D eigenvalue weighted by Crippen LogP contribution is 2.21. The van der Waals surface area contributed by atoms with Gasteiger partial charge in [0.05, 0.1) is 7.11 Å². The molecule has 2 nitrogen and oxygen atoms in total. The van der Waals surface area contributed by atoms with Crippen LogP contribution in [0.1, 0.15) is 12.5 Å². The molecule has 0 aliphatic heterocycles. The van der Waals surface area contributed by atoms with E-state index in [1.54, 1.807) is 14.0 Å². The smallest absolute Gasteiger partial charge is 0.156 e. The van der Waals surface area contributed by atoms with Gasteiger partial charge in [-0.05, 0) is 19.1 Å². The molecule has 0 amide bonds. The molecule has 15 heavy (non-hydrogen) atoms. The number of carbonyl (C=O) groups is 1. The molecule has 0 aliphatic rings. The average molecular weight is 269 g/mol. The van der Waals surface area contributed by atoms with E-state index in [0.29, 0.717) is 5.33 Å². The second kappa shape index (κ2) is 5.71. The maximum atomic E-state index is 11.2. The molecule has 3 heteroatoms. The van der Waals surface area contributed by atoms with Gasteiger partial charge in [0.1, 0.15) is 5.75 Å². The lowest BCUT2D eigenvalue weighted by Gasteiger charge is -2.05. The van der Waals surface area contributed by atoms with Gasteiger partial charge in [0.15, 0.2) is 5.78 Å². The lowest BCUT2D eigenvalue weighted by molar-refractivity contribution is -0.113. The summed E-state index contributed by atoms with van der Waals surface area (Å²) in [5, 5.41) is 0.556. The number of allylic oxidation sites excluding steroid dienone is 1. The van der Waals surface area contributed by atoms with Crippen LogP contribution in [0, 0.1) is 0 Å². The lowest BCUT2D eigenvalue weighted by Crippen LogP contribution is -1.97. The number of rotatable bonds is 4. The van der Waals surface area contributed by atoms with E-state index < -0.39 is 0 Å². The Hall–Kier alpha value is -1.09. The minimum absolute atomic E-state index is 0.0674. The van der Waals surface area contributed by atoms with Crippen LogP contribution in [0.2, 0.25) is 0 Å². The molecule has 0 unspecified atom stereocenters. The number of Topliss-reactive ketones (excluding diaryl/α,β-unsaturated/α-hetero) is 1. The van der Waals surface area contributed by atoms with Crippen molar-refractivity contribution in [2.75, 3.05) is 12.4 Å². The van der Waals surface area contributed by atoms with Crippen LogP contribution in [0.4, 0.5) is 0 Å². The molecule has 0 saturated heterocycles. The van der Waals surface area contributed by atoms with Crippen molar-refractivity contribution in [3.63, 3.8) is 0 Å². The average Bonchev–Trinajstić information content (AvgIpc) is 2.25. The van der Waals surface area contributed by atoms with Crippen LogP contribution in [0.15, 0.2) is 29.8 Å². The van der Waals surface area contributed by atoms with Crippen molar-refractivity contribution in [2.24, 2.45) is 0 Å². The number of ether oxygens (including phenoxy) is 1. The van der Waals surface area contributed by atoms with Crippen LogP contribution < -0.4 is 4.74 Å². The predicted molar refractivity (Wildman–Crippen MR) is 65.4 cm³/mol. The molecular weight excluding hydrogens is 256 g/mol. The van der Waals surface area contributed by atoms with Gasteiger partial charge >= 0.3 is 0 Å². The van der Waals surface area contributed by atoms with E-state index in [1.807, 2.05) is 30.3 Å². The van der Waals surface area contributed by atoms with Gasteiger partial charge < -0.3 is 4.74 Å². The number of ketones is 1. The fourth-order valence-electron chi connectivity index (χ4n) is 1.21. The van der Waals surface area contributed by atoms with Gasteiger partial charge in [0.2, 0.25) is 0 Å². The second-order valence-corrected chi connectivity index (χ2v) is 3.66. The molecule has 0 spiro atoms. The van der Waals surface area contributed by atoms with Crippen molar-refractivity contribution in [3.05, 3.63) is 35.4 Å². The summed E-state index contributed by atoms with van der Waals surface area (Å²) in [6, 6.07) is 7.61. The fourth-order valence-corrected chi connectivity index (χ4v) is 1.76. The quantitative estimate of drug-likeness (QED) is 0.620. The molecule has 1 rings (SSSR count). The number of alkyl halides is 1. The Morgan fingerprint density at radius 2 is 2.13 bits per heavy atom. The molecular formula is C12H13BrO2. The number of hydrogen-bond donors (Lipinski definition) is 0. The Morgan fingerprint density at radius 1 is 1.47 bits per heavy atom. The largest absolute Gasteiger partial charge is 0.496 e. The van der Waals surface area contributed by atoms with Crippen molar-refractivity contribution >= 4 is 27.8 Å². The van der Waals surface area contributed by atoms with E-state index in [-0.39, 0.29) is 5.78 Å².